The topological polar surface area (TPSA) is 29.5 Å². The fourth-order valence-corrected chi connectivity index (χ4v) is 2.35. The Morgan fingerprint density at radius 1 is 1.41 bits per heavy atom. The van der Waals surface area contributed by atoms with Crippen molar-refractivity contribution in [3.8, 4) is 0 Å². The van der Waals surface area contributed by atoms with Gasteiger partial charge in [-0.25, -0.2) is 13.6 Å². The van der Waals surface area contributed by atoms with E-state index in [2.05, 4.69) is 0 Å². The van der Waals surface area contributed by atoms with E-state index in [0.29, 0.717) is 19.5 Å². The summed E-state index contributed by atoms with van der Waals surface area (Å²) in [5.41, 5.74) is -0.529. The molecule has 2 rings (SSSR count). The summed E-state index contributed by atoms with van der Waals surface area (Å²) in [5.74, 6) is -3.07. The number of ether oxygens (including phenoxy) is 1. The predicted octanol–water partition coefficient (Wildman–Crippen LogP) is 2.90. The van der Waals surface area contributed by atoms with Crippen molar-refractivity contribution in [3.63, 3.8) is 0 Å². The average Bonchev–Trinajstić information content (AvgIpc) is 2.62. The lowest BCUT2D eigenvalue weighted by Gasteiger charge is -2.24. The molecule has 0 radical (unpaired) electrons. The first-order chi connectivity index (χ1) is 7.69. The maximum atomic E-state index is 12.9. The molecule has 1 amide bonds. The van der Waals surface area contributed by atoms with Gasteiger partial charge in [0.15, 0.2) is 0 Å². The van der Waals surface area contributed by atoms with Crippen molar-refractivity contribution >= 4 is 6.09 Å². The lowest BCUT2D eigenvalue weighted by atomic mass is 10.0. The molecule has 1 heterocycles. The lowest BCUT2D eigenvalue weighted by molar-refractivity contribution is 0.0276. The maximum Gasteiger partial charge on any atom is 0.410 e. The van der Waals surface area contributed by atoms with Crippen LogP contribution in [0.3, 0.4) is 0 Å². The van der Waals surface area contributed by atoms with Gasteiger partial charge in [-0.05, 0) is 33.1 Å². The molecule has 98 valence electrons. The minimum Gasteiger partial charge on any atom is -0.444 e. The molecule has 0 spiro atoms. The highest BCUT2D eigenvalue weighted by Gasteiger charge is 2.61. The quantitative estimate of drug-likeness (QED) is 0.713. The number of carbonyl (C=O) groups excluding carboxylic acids is 1. The zero-order valence-electron chi connectivity index (χ0n) is 10.5. The largest absolute Gasteiger partial charge is 0.444 e. The van der Waals surface area contributed by atoms with Crippen LogP contribution in [0.5, 0.6) is 0 Å². The van der Waals surface area contributed by atoms with Crippen molar-refractivity contribution < 1.29 is 18.3 Å². The van der Waals surface area contributed by atoms with Crippen molar-refractivity contribution in [2.75, 3.05) is 13.1 Å². The SMILES string of the molecule is CC(C)(C)OC(=O)N1CCC(C2CC2(F)F)C1. The standard InChI is InChI=1S/C12H19F2NO2/c1-11(2,3)17-10(16)15-5-4-8(7-15)9-6-12(9,13)14/h8-9H,4-7H2,1-3H3. The number of hydrogen-bond acceptors (Lipinski definition) is 2. The molecule has 0 aromatic carbocycles. The molecular weight excluding hydrogens is 228 g/mol. The second-order valence-corrected chi connectivity index (χ2v) is 6.05. The van der Waals surface area contributed by atoms with Crippen molar-refractivity contribution in [2.45, 2.75) is 45.1 Å². The maximum absolute atomic E-state index is 12.9. The molecule has 0 bridgehead atoms. The van der Waals surface area contributed by atoms with Gasteiger partial charge in [0.2, 0.25) is 0 Å². The van der Waals surface area contributed by atoms with Crippen LogP contribution in [0.2, 0.25) is 0 Å². The van der Waals surface area contributed by atoms with Crippen molar-refractivity contribution in [2.24, 2.45) is 11.8 Å². The van der Waals surface area contributed by atoms with E-state index in [1.807, 2.05) is 0 Å². The molecule has 2 unspecified atom stereocenters. The third kappa shape index (κ3) is 2.87. The average molecular weight is 247 g/mol. The lowest BCUT2D eigenvalue weighted by Crippen LogP contribution is -2.35. The van der Waals surface area contributed by atoms with Crippen LogP contribution in [0.15, 0.2) is 0 Å². The highest BCUT2D eigenvalue weighted by atomic mass is 19.3. The Bertz CT molecular complexity index is 325. The molecule has 1 saturated carbocycles. The summed E-state index contributed by atoms with van der Waals surface area (Å²) in [7, 11) is 0. The molecule has 17 heavy (non-hydrogen) atoms. The summed E-state index contributed by atoms with van der Waals surface area (Å²) in [5, 5.41) is 0. The van der Waals surface area contributed by atoms with Gasteiger partial charge in [-0.1, -0.05) is 0 Å². The second kappa shape index (κ2) is 3.82. The van der Waals surface area contributed by atoms with Gasteiger partial charge >= 0.3 is 6.09 Å². The minimum absolute atomic E-state index is 0.0141. The monoisotopic (exact) mass is 247 g/mol. The summed E-state index contributed by atoms with van der Waals surface area (Å²) < 4.78 is 31.0. The van der Waals surface area contributed by atoms with Gasteiger partial charge < -0.3 is 9.64 Å². The van der Waals surface area contributed by atoms with E-state index in [9.17, 15) is 13.6 Å². The Kier molecular flexibility index (Phi) is 2.83. The number of rotatable bonds is 1. The molecular formula is C12H19F2NO2. The smallest absolute Gasteiger partial charge is 0.410 e. The molecule has 0 N–H and O–H groups in total. The Balaban J connectivity index is 1.84. The molecule has 5 heteroatoms. The highest BCUT2D eigenvalue weighted by Crippen LogP contribution is 2.54. The Morgan fingerprint density at radius 3 is 2.47 bits per heavy atom. The van der Waals surface area contributed by atoms with Crippen LogP contribution in [0, 0.1) is 11.8 Å². The Morgan fingerprint density at radius 2 is 2.00 bits per heavy atom. The number of alkyl halides is 2. The van der Waals surface area contributed by atoms with Crippen LogP contribution in [0.4, 0.5) is 13.6 Å². The summed E-state index contributed by atoms with van der Waals surface area (Å²) in [4.78, 5) is 13.3. The van der Waals surface area contributed by atoms with Crippen LogP contribution in [0.25, 0.3) is 0 Å². The van der Waals surface area contributed by atoms with Crippen molar-refractivity contribution in [1.29, 1.82) is 0 Å². The number of halogens is 2. The van der Waals surface area contributed by atoms with Gasteiger partial charge in [-0.15, -0.1) is 0 Å². The fraction of sp³-hybridized carbons (Fsp3) is 0.917. The van der Waals surface area contributed by atoms with Gasteiger partial charge in [0.25, 0.3) is 5.92 Å². The predicted molar refractivity (Wildman–Crippen MR) is 59.0 cm³/mol. The summed E-state index contributed by atoms with van der Waals surface area (Å²) >= 11 is 0. The zero-order valence-corrected chi connectivity index (χ0v) is 10.5. The fourth-order valence-electron chi connectivity index (χ4n) is 2.35. The van der Waals surface area contributed by atoms with Crippen LogP contribution in [-0.2, 0) is 4.74 Å². The zero-order chi connectivity index (χ0) is 12.8. The first kappa shape index (κ1) is 12.6. The number of nitrogens with zero attached hydrogens (tertiary/aromatic N) is 1. The third-order valence-corrected chi connectivity index (χ3v) is 3.32. The van der Waals surface area contributed by atoms with Gasteiger partial charge in [-0.3, -0.25) is 0 Å². The number of likely N-dealkylation sites (tertiary alicyclic amines) is 1. The Labute approximate surface area is 100 Å². The number of amides is 1. The first-order valence-electron chi connectivity index (χ1n) is 6.05. The van der Waals surface area contributed by atoms with E-state index < -0.39 is 17.4 Å². The summed E-state index contributed by atoms with van der Waals surface area (Å²) in [6, 6.07) is 0. The highest BCUT2D eigenvalue weighted by molar-refractivity contribution is 5.68. The minimum atomic E-state index is -2.49. The van der Waals surface area contributed by atoms with E-state index in [1.54, 1.807) is 25.7 Å². The van der Waals surface area contributed by atoms with E-state index in [-0.39, 0.29) is 18.4 Å². The van der Waals surface area contributed by atoms with E-state index in [0.717, 1.165) is 0 Å². The number of carbonyl (C=O) groups is 1. The van der Waals surface area contributed by atoms with Crippen molar-refractivity contribution in [3.05, 3.63) is 0 Å². The second-order valence-electron chi connectivity index (χ2n) is 6.05. The van der Waals surface area contributed by atoms with Crippen molar-refractivity contribution in [1.82, 2.24) is 4.90 Å². The molecule has 2 fully saturated rings. The van der Waals surface area contributed by atoms with Crippen LogP contribution in [-0.4, -0.2) is 35.6 Å². The van der Waals surface area contributed by atoms with Gasteiger partial charge in [0.1, 0.15) is 5.60 Å². The molecule has 1 saturated heterocycles. The molecule has 2 aliphatic rings. The van der Waals surface area contributed by atoms with Crippen LogP contribution >= 0.6 is 0 Å². The van der Waals surface area contributed by atoms with E-state index >= 15 is 0 Å². The van der Waals surface area contributed by atoms with Crippen LogP contribution in [0.1, 0.15) is 33.6 Å². The molecule has 2 atom stereocenters. The Hall–Kier alpha value is -0.870. The molecule has 0 aromatic rings. The molecule has 1 aliphatic heterocycles. The third-order valence-electron chi connectivity index (χ3n) is 3.32. The first-order valence-corrected chi connectivity index (χ1v) is 6.05. The van der Waals surface area contributed by atoms with Crippen LogP contribution < -0.4 is 0 Å². The molecule has 1 aliphatic carbocycles. The van der Waals surface area contributed by atoms with E-state index in [4.69, 9.17) is 4.74 Å². The van der Waals surface area contributed by atoms with Gasteiger partial charge in [0.05, 0.1) is 0 Å². The number of hydrogen-bond donors (Lipinski definition) is 0. The van der Waals surface area contributed by atoms with E-state index in [1.165, 1.54) is 0 Å². The molecule has 3 nitrogen and oxygen atoms in total. The van der Waals surface area contributed by atoms with Gasteiger partial charge in [0, 0.05) is 25.4 Å². The normalized spacial score (nSPS) is 31.5. The molecule has 0 aromatic heterocycles. The van der Waals surface area contributed by atoms with Gasteiger partial charge in [-0.2, -0.15) is 0 Å². The summed E-state index contributed by atoms with van der Waals surface area (Å²) in [6.07, 6.45) is 0.267. The summed E-state index contributed by atoms with van der Waals surface area (Å²) in [6.45, 7) is 6.34.